The Labute approximate surface area is 178 Å². The maximum Gasteiger partial charge on any atom is 0.239 e. The van der Waals surface area contributed by atoms with Gasteiger partial charge in [0.2, 0.25) is 5.91 Å². The van der Waals surface area contributed by atoms with Crippen LogP contribution in [-0.2, 0) is 11.2 Å². The zero-order chi connectivity index (χ0) is 21.2. The van der Waals surface area contributed by atoms with Crippen molar-refractivity contribution in [1.82, 2.24) is 4.90 Å². The lowest BCUT2D eigenvalue weighted by Crippen LogP contribution is -2.46. The minimum atomic E-state index is -0.524. The van der Waals surface area contributed by atoms with Gasteiger partial charge in [-0.2, -0.15) is 0 Å². The first-order chi connectivity index (χ1) is 14.7. The van der Waals surface area contributed by atoms with Crippen LogP contribution in [0.1, 0.15) is 18.4 Å². The summed E-state index contributed by atoms with van der Waals surface area (Å²) in [7, 11) is 0. The number of benzene rings is 3. The lowest BCUT2D eigenvalue weighted by molar-refractivity contribution is -0.133. The minimum absolute atomic E-state index is 0.0403. The molecule has 5 nitrogen and oxygen atoms in total. The number of ether oxygens (including phenoxy) is 1. The second kappa shape index (κ2) is 11.3. The van der Waals surface area contributed by atoms with Gasteiger partial charge in [-0.3, -0.25) is 4.79 Å². The Morgan fingerprint density at radius 2 is 1.67 bits per heavy atom. The predicted octanol–water partition coefficient (Wildman–Crippen LogP) is 3.36. The van der Waals surface area contributed by atoms with Crippen molar-refractivity contribution < 1.29 is 9.53 Å². The van der Waals surface area contributed by atoms with Gasteiger partial charge in [0.05, 0.1) is 12.6 Å². The summed E-state index contributed by atoms with van der Waals surface area (Å²) in [5, 5.41) is 2.31. The smallest absolute Gasteiger partial charge is 0.239 e. The molecule has 3 aromatic rings. The first-order valence-corrected chi connectivity index (χ1v) is 10.6. The van der Waals surface area contributed by atoms with Crippen molar-refractivity contribution in [2.45, 2.75) is 25.3 Å². The maximum atomic E-state index is 12.9. The van der Waals surface area contributed by atoms with Crippen LogP contribution >= 0.6 is 0 Å². The summed E-state index contributed by atoms with van der Waals surface area (Å²) in [5.41, 5.74) is 13.1. The molecule has 0 unspecified atom stereocenters. The van der Waals surface area contributed by atoms with Crippen molar-refractivity contribution in [3.05, 3.63) is 78.4 Å². The number of hydrogen-bond acceptors (Lipinski definition) is 4. The summed E-state index contributed by atoms with van der Waals surface area (Å²) in [6.07, 6.45) is 2.15. The Hall–Kier alpha value is -2.89. The highest BCUT2D eigenvalue weighted by Crippen LogP contribution is 2.20. The van der Waals surface area contributed by atoms with Crippen LogP contribution in [0, 0.1) is 0 Å². The van der Waals surface area contributed by atoms with Crippen LogP contribution < -0.4 is 16.2 Å². The molecule has 0 aliphatic rings. The molecule has 158 valence electrons. The van der Waals surface area contributed by atoms with Gasteiger partial charge in [-0.15, -0.1) is 0 Å². The minimum Gasteiger partial charge on any atom is -0.492 e. The molecule has 0 heterocycles. The Bertz CT molecular complexity index is 930. The monoisotopic (exact) mass is 405 g/mol. The molecule has 0 radical (unpaired) electrons. The molecule has 0 bridgehead atoms. The quantitative estimate of drug-likeness (QED) is 0.513. The van der Waals surface area contributed by atoms with Gasteiger partial charge in [0.25, 0.3) is 0 Å². The van der Waals surface area contributed by atoms with Crippen LogP contribution in [0.3, 0.4) is 0 Å². The van der Waals surface area contributed by atoms with E-state index in [2.05, 4.69) is 24.3 Å². The normalized spacial score (nSPS) is 11.9. The molecule has 0 aromatic heterocycles. The van der Waals surface area contributed by atoms with Gasteiger partial charge in [0, 0.05) is 6.54 Å². The Morgan fingerprint density at radius 3 is 2.43 bits per heavy atom. The van der Waals surface area contributed by atoms with Crippen molar-refractivity contribution in [1.29, 1.82) is 0 Å². The number of fused-ring (bicyclic) bond motifs is 1. The van der Waals surface area contributed by atoms with Crippen molar-refractivity contribution in [2.24, 2.45) is 11.5 Å². The molecular formula is C25H31N3O2. The summed E-state index contributed by atoms with van der Waals surface area (Å²) in [6, 6.07) is 23.8. The van der Waals surface area contributed by atoms with Crippen molar-refractivity contribution in [3.8, 4) is 5.75 Å². The van der Waals surface area contributed by atoms with Gasteiger partial charge >= 0.3 is 0 Å². The van der Waals surface area contributed by atoms with E-state index in [9.17, 15) is 4.79 Å². The number of carbonyl (C=O) groups excluding carboxylic acids is 1. The fourth-order valence-corrected chi connectivity index (χ4v) is 3.47. The number of hydrogen-bond donors (Lipinski definition) is 2. The second-order valence-electron chi connectivity index (χ2n) is 7.46. The van der Waals surface area contributed by atoms with Gasteiger partial charge in [-0.1, -0.05) is 60.7 Å². The lowest BCUT2D eigenvalue weighted by atomic mass is 10.0. The number of aryl methyl sites for hydroxylation is 1. The third-order valence-corrected chi connectivity index (χ3v) is 5.20. The van der Waals surface area contributed by atoms with Crippen LogP contribution in [-0.4, -0.2) is 43.1 Å². The van der Waals surface area contributed by atoms with Crippen molar-refractivity contribution in [3.63, 3.8) is 0 Å². The summed E-state index contributed by atoms with van der Waals surface area (Å²) < 4.78 is 5.92. The van der Waals surface area contributed by atoms with Crippen LogP contribution in [0.5, 0.6) is 5.75 Å². The molecule has 0 spiro atoms. The zero-order valence-electron chi connectivity index (χ0n) is 17.4. The number of carbonyl (C=O) groups is 1. The average Bonchev–Trinajstić information content (AvgIpc) is 2.79. The molecule has 1 amide bonds. The van der Waals surface area contributed by atoms with Gasteiger partial charge in [-0.25, -0.2) is 0 Å². The lowest BCUT2D eigenvalue weighted by Gasteiger charge is -2.26. The molecule has 30 heavy (non-hydrogen) atoms. The molecule has 0 saturated heterocycles. The van der Waals surface area contributed by atoms with Gasteiger partial charge in [-0.05, 0) is 54.3 Å². The molecule has 4 N–H and O–H groups in total. The maximum absolute atomic E-state index is 12.9. The molecule has 1 atom stereocenters. The Morgan fingerprint density at radius 1 is 0.933 bits per heavy atom. The highest BCUT2D eigenvalue weighted by molar-refractivity contribution is 5.83. The van der Waals surface area contributed by atoms with Crippen LogP contribution in [0.4, 0.5) is 0 Å². The molecule has 0 fully saturated rings. The van der Waals surface area contributed by atoms with E-state index in [4.69, 9.17) is 16.2 Å². The van der Waals surface area contributed by atoms with Crippen molar-refractivity contribution in [2.75, 3.05) is 26.2 Å². The Balaban J connectivity index is 1.53. The summed E-state index contributed by atoms with van der Waals surface area (Å²) >= 11 is 0. The molecule has 5 heteroatoms. The van der Waals surface area contributed by atoms with Crippen LogP contribution in [0.25, 0.3) is 10.8 Å². The summed E-state index contributed by atoms with van der Waals surface area (Å²) in [4.78, 5) is 14.7. The van der Waals surface area contributed by atoms with Crippen LogP contribution in [0.15, 0.2) is 72.8 Å². The third kappa shape index (κ3) is 6.31. The first kappa shape index (κ1) is 21.8. The zero-order valence-corrected chi connectivity index (χ0v) is 17.4. The fraction of sp³-hybridized carbons (Fsp3) is 0.320. The topological polar surface area (TPSA) is 81.6 Å². The molecular weight excluding hydrogens is 374 g/mol. The predicted molar refractivity (Wildman–Crippen MR) is 122 cm³/mol. The largest absolute Gasteiger partial charge is 0.492 e. The number of nitrogens with two attached hydrogens (primary N) is 2. The molecule has 3 rings (SSSR count). The van der Waals surface area contributed by atoms with E-state index in [1.54, 1.807) is 4.90 Å². The molecule has 0 saturated carbocycles. The first-order valence-electron chi connectivity index (χ1n) is 10.6. The van der Waals surface area contributed by atoms with E-state index >= 15 is 0 Å². The SMILES string of the molecule is NCCCN(CCOc1ccc2ccccc2c1)C(=O)[C@H](N)CCc1ccccc1. The van der Waals surface area contributed by atoms with E-state index in [0.29, 0.717) is 32.7 Å². The number of amides is 1. The van der Waals surface area contributed by atoms with E-state index in [1.165, 1.54) is 10.9 Å². The van der Waals surface area contributed by atoms with Crippen molar-refractivity contribution >= 4 is 16.7 Å². The number of rotatable bonds is 11. The van der Waals surface area contributed by atoms with Gasteiger partial charge < -0.3 is 21.1 Å². The van der Waals surface area contributed by atoms with E-state index < -0.39 is 6.04 Å². The van der Waals surface area contributed by atoms with E-state index in [1.807, 2.05) is 48.5 Å². The molecule has 3 aromatic carbocycles. The molecule has 0 aliphatic carbocycles. The van der Waals surface area contributed by atoms with Gasteiger partial charge in [0.1, 0.15) is 12.4 Å². The summed E-state index contributed by atoms with van der Waals surface area (Å²) in [5.74, 6) is 0.759. The Kier molecular flexibility index (Phi) is 8.24. The standard InChI is InChI=1S/C25H31N3O2/c26-15-6-16-28(25(29)24(27)14-11-20-7-2-1-3-8-20)17-18-30-23-13-12-21-9-4-5-10-22(21)19-23/h1-5,7-10,12-13,19,24H,6,11,14-18,26-27H2/t24-/m1/s1. The fourth-order valence-electron chi connectivity index (χ4n) is 3.47. The van der Waals surface area contributed by atoms with Crippen LogP contribution in [0.2, 0.25) is 0 Å². The third-order valence-electron chi connectivity index (χ3n) is 5.20. The summed E-state index contributed by atoms with van der Waals surface area (Å²) in [6.45, 7) is 2.04. The van der Waals surface area contributed by atoms with E-state index in [-0.39, 0.29) is 5.91 Å². The van der Waals surface area contributed by atoms with E-state index in [0.717, 1.165) is 24.0 Å². The highest BCUT2D eigenvalue weighted by Gasteiger charge is 2.20. The molecule has 0 aliphatic heterocycles. The second-order valence-corrected chi connectivity index (χ2v) is 7.46. The van der Waals surface area contributed by atoms with Gasteiger partial charge in [0.15, 0.2) is 0 Å². The average molecular weight is 406 g/mol. The number of nitrogens with zero attached hydrogens (tertiary/aromatic N) is 1. The highest BCUT2D eigenvalue weighted by atomic mass is 16.5.